The molecule has 2 heterocycles. The van der Waals surface area contributed by atoms with Crippen molar-refractivity contribution >= 4 is 0 Å². The van der Waals surface area contributed by atoms with Gasteiger partial charge in [0, 0.05) is 12.3 Å². The third-order valence-corrected chi connectivity index (χ3v) is 13.4. The second kappa shape index (κ2) is 13.4. The molecule has 264 valence electrons. The minimum atomic E-state index is 0.341. The Morgan fingerprint density at radius 2 is 1.21 bits per heavy atom. The number of fused-ring (bicyclic) bond motifs is 2. The van der Waals surface area contributed by atoms with Gasteiger partial charge in [-0.2, -0.15) is 0 Å². The summed E-state index contributed by atoms with van der Waals surface area (Å²) in [5.74, 6) is 2.02. The quantitative estimate of drug-likeness (QED) is 0.174. The molecule has 4 aromatic carbocycles. The van der Waals surface area contributed by atoms with Gasteiger partial charge in [0.25, 0.3) is 0 Å². The van der Waals surface area contributed by atoms with Crippen molar-refractivity contribution in [1.29, 1.82) is 0 Å². The minimum absolute atomic E-state index is 0.341. The summed E-state index contributed by atoms with van der Waals surface area (Å²) in [7, 11) is 0. The molecule has 0 atom stereocenters. The summed E-state index contributed by atoms with van der Waals surface area (Å²) in [5, 5.41) is 0. The molecule has 0 N–H and O–H groups in total. The van der Waals surface area contributed by atoms with Crippen molar-refractivity contribution in [2.75, 3.05) is 0 Å². The number of pyridine rings is 2. The Morgan fingerprint density at radius 1 is 0.491 bits per heavy atom. The van der Waals surface area contributed by atoms with Crippen molar-refractivity contribution in [3.05, 3.63) is 155 Å². The van der Waals surface area contributed by atoms with Crippen LogP contribution < -0.4 is 4.74 Å². The van der Waals surface area contributed by atoms with Gasteiger partial charge in [-0.1, -0.05) is 104 Å². The van der Waals surface area contributed by atoms with E-state index in [0.29, 0.717) is 22.6 Å². The predicted molar refractivity (Wildman–Crippen MR) is 215 cm³/mol. The molecule has 0 bridgehead atoms. The van der Waals surface area contributed by atoms with Crippen molar-refractivity contribution in [3.63, 3.8) is 0 Å². The molecule has 2 spiro atoms. The van der Waals surface area contributed by atoms with E-state index in [4.69, 9.17) is 14.7 Å². The van der Waals surface area contributed by atoms with E-state index in [1.807, 2.05) is 24.4 Å². The van der Waals surface area contributed by atoms with Gasteiger partial charge in [-0.25, -0.2) is 4.98 Å². The van der Waals surface area contributed by atoms with Gasteiger partial charge in [0.05, 0.1) is 11.4 Å². The molecule has 6 aromatic rings. The Kier molecular flexibility index (Phi) is 8.27. The van der Waals surface area contributed by atoms with E-state index in [9.17, 15) is 0 Å². The maximum absolute atomic E-state index is 6.64. The van der Waals surface area contributed by atoms with Gasteiger partial charge in [-0.05, 0) is 161 Å². The van der Waals surface area contributed by atoms with Gasteiger partial charge in [-0.3, -0.25) is 4.98 Å². The van der Waals surface area contributed by atoms with E-state index in [1.165, 1.54) is 116 Å². The lowest BCUT2D eigenvalue weighted by Gasteiger charge is -2.43. The van der Waals surface area contributed by atoms with Crippen LogP contribution in [0.1, 0.15) is 91.5 Å². The molecule has 4 aliphatic carbocycles. The summed E-state index contributed by atoms with van der Waals surface area (Å²) in [6.07, 6.45) is 19.0. The highest BCUT2D eigenvalue weighted by Gasteiger charge is 2.42. The van der Waals surface area contributed by atoms with Crippen molar-refractivity contribution in [3.8, 4) is 45.3 Å². The van der Waals surface area contributed by atoms with E-state index in [1.54, 1.807) is 11.1 Å². The molecule has 4 aliphatic rings. The molecule has 0 aliphatic heterocycles. The van der Waals surface area contributed by atoms with E-state index in [-0.39, 0.29) is 0 Å². The highest BCUT2D eigenvalue weighted by atomic mass is 16.5. The van der Waals surface area contributed by atoms with E-state index < -0.39 is 0 Å². The second-order valence-corrected chi connectivity index (χ2v) is 16.8. The number of rotatable bonds is 6. The fraction of sp³-hybridized carbons (Fsp3) is 0.320. The van der Waals surface area contributed by atoms with Crippen LogP contribution in [0.5, 0.6) is 11.6 Å². The smallest absolute Gasteiger partial charge is 0.219 e. The molecule has 0 amide bonds. The van der Waals surface area contributed by atoms with Crippen LogP contribution >= 0.6 is 0 Å². The molecule has 0 saturated heterocycles. The Balaban J connectivity index is 0.896. The first-order valence-corrected chi connectivity index (χ1v) is 20.1. The first-order chi connectivity index (χ1) is 26.1. The van der Waals surface area contributed by atoms with Crippen LogP contribution in [-0.4, -0.2) is 9.97 Å². The lowest BCUT2D eigenvalue weighted by Crippen LogP contribution is -2.29. The summed E-state index contributed by atoms with van der Waals surface area (Å²) in [6, 6.07) is 44.1. The topological polar surface area (TPSA) is 35.0 Å². The predicted octanol–water partition coefficient (Wildman–Crippen LogP) is 12.8. The SMILES string of the molecule is c1ccc(-c2cc(Oc3cccc(-c4cc(-c5ccc6c(c5)CC5(Cc7ccccc7C5)C6)ccn4)n3)cc(C3CCC4(CCCCC4)CC3)c2)cc1. The normalized spacial score (nSPS) is 18.6. The Bertz CT molecular complexity index is 2250. The Morgan fingerprint density at radius 3 is 2.00 bits per heavy atom. The molecule has 53 heavy (non-hydrogen) atoms. The fourth-order valence-electron chi connectivity index (χ4n) is 10.6. The van der Waals surface area contributed by atoms with Crippen LogP contribution in [0.4, 0.5) is 0 Å². The molecule has 0 radical (unpaired) electrons. The first-order valence-electron chi connectivity index (χ1n) is 20.1. The lowest BCUT2D eigenvalue weighted by molar-refractivity contribution is 0.114. The molecular weight excluding hydrogens is 645 g/mol. The number of benzene rings is 4. The molecule has 3 nitrogen and oxygen atoms in total. The summed E-state index contributed by atoms with van der Waals surface area (Å²) in [6.45, 7) is 0. The second-order valence-electron chi connectivity index (χ2n) is 16.8. The first kappa shape index (κ1) is 32.6. The fourth-order valence-corrected chi connectivity index (χ4v) is 10.6. The van der Waals surface area contributed by atoms with Crippen molar-refractivity contribution in [2.45, 2.75) is 89.4 Å². The molecular formula is C50H48N2O. The third kappa shape index (κ3) is 6.49. The van der Waals surface area contributed by atoms with Gasteiger partial charge < -0.3 is 4.74 Å². The van der Waals surface area contributed by atoms with Crippen LogP contribution in [-0.2, 0) is 25.7 Å². The lowest BCUT2D eigenvalue weighted by atomic mass is 9.62. The highest BCUT2D eigenvalue weighted by Crippen LogP contribution is 2.52. The summed E-state index contributed by atoms with van der Waals surface area (Å²) >= 11 is 0. The molecule has 2 fully saturated rings. The number of hydrogen-bond donors (Lipinski definition) is 0. The molecule has 2 aromatic heterocycles. The van der Waals surface area contributed by atoms with E-state index in [0.717, 1.165) is 23.6 Å². The molecule has 2 saturated carbocycles. The zero-order chi connectivity index (χ0) is 35.2. The number of aromatic nitrogens is 2. The Hall–Kier alpha value is -5.02. The van der Waals surface area contributed by atoms with Crippen LogP contribution in [0.15, 0.2) is 128 Å². The zero-order valence-corrected chi connectivity index (χ0v) is 30.7. The van der Waals surface area contributed by atoms with Gasteiger partial charge in [0.2, 0.25) is 5.88 Å². The van der Waals surface area contributed by atoms with Crippen molar-refractivity contribution in [1.82, 2.24) is 9.97 Å². The largest absolute Gasteiger partial charge is 0.439 e. The third-order valence-electron chi connectivity index (χ3n) is 13.4. The summed E-state index contributed by atoms with van der Waals surface area (Å²) in [4.78, 5) is 9.80. The zero-order valence-electron chi connectivity index (χ0n) is 30.7. The average Bonchev–Trinajstić information content (AvgIpc) is 3.76. The standard InChI is InChI=1S/C50H48N2O/c1-3-10-35(11-4-1)42-27-43(36-18-23-49(24-19-36)21-7-2-8-22-49)29-45(28-42)53-48-15-9-14-46(52-48)47-30-38(20-25-51-47)37-16-17-41-33-50(34-44(41)26-37)31-39-12-5-6-13-40(39)32-50/h1,3-6,9-17,20,25-30,36H,2,7-8,18-19,21-24,31-34H2. The summed E-state index contributed by atoms with van der Waals surface area (Å²) in [5.41, 5.74) is 15.0. The van der Waals surface area contributed by atoms with Gasteiger partial charge >= 0.3 is 0 Å². The average molecular weight is 693 g/mol. The van der Waals surface area contributed by atoms with Crippen LogP contribution in [0, 0.1) is 10.8 Å². The number of ether oxygens (including phenoxy) is 1. The number of hydrogen-bond acceptors (Lipinski definition) is 3. The van der Waals surface area contributed by atoms with Crippen LogP contribution in [0.25, 0.3) is 33.6 Å². The van der Waals surface area contributed by atoms with Gasteiger partial charge in [-0.15, -0.1) is 0 Å². The van der Waals surface area contributed by atoms with E-state index >= 15 is 0 Å². The minimum Gasteiger partial charge on any atom is -0.439 e. The van der Waals surface area contributed by atoms with E-state index in [2.05, 4.69) is 103 Å². The monoisotopic (exact) mass is 692 g/mol. The molecule has 0 unspecified atom stereocenters. The highest BCUT2D eigenvalue weighted by molar-refractivity contribution is 5.71. The Labute approximate surface area is 314 Å². The maximum Gasteiger partial charge on any atom is 0.219 e. The van der Waals surface area contributed by atoms with Gasteiger partial charge in [0.1, 0.15) is 5.75 Å². The molecule has 10 rings (SSSR count). The maximum atomic E-state index is 6.64. The van der Waals surface area contributed by atoms with Crippen molar-refractivity contribution < 1.29 is 4.74 Å². The van der Waals surface area contributed by atoms with Crippen molar-refractivity contribution in [2.24, 2.45) is 10.8 Å². The number of nitrogens with zero attached hydrogens (tertiary/aromatic N) is 2. The summed E-state index contributed by atoms with van der Waals surface area (Å²) < 4.78 is 6.64. The van der Waals surface area contributed by atoms with Crippen LogP contribution in [0.3, 0.4) is 0 Å². The van der Waals surface area contributed by atoms with Crippen LogP contribution in [0.2, 0.25) is 0 Å². The molecule has 3 heteroatoms. The van der Waals surface area contributed by atoms with Gasteiger partial charge in [0.15, 0.2) is 0 Å².